The Kier molecular flexibility index (Phi) is 7.71. The van der Waals surface area contributed by atoms with Gasteiger partial charge in [-0.1, -0.05) is 30.3 Å². The second-order valence-corrected chi connectivity index (χ2v) is 6.01. The third kappa shape index (κ3) is 5.94. The summed E-state index contributed by atoms with van der Waals surface area (Å²) in [4.78, 5) is 26.7. The lowest BCUT2D eigenvalue weighted by atomic mass is 10.0. The molecule has 1 unspecified atom stereocenters. The number of hydrogen-bond acceptors (Lipinski definition) is 4. The van der Waals surface area contributed by atoms with Crippen LogP contribution >= 0.6 is 0 Å². The van der Waals surface area contributed by atoms with Crippen molar-refractivity contribution in [3.8, 4) is 0 Å². The number of nitrogens with one attached hydrogen (secondary N) is 2. The number of hydrogen-bond donors (Lipinski definition) is 2. The summed E-state index contributed by atoms with van der Waals surface area (Å²) in [6.45, 7) is 2.90. The van der Waals surface area contributed by atoms with Gasteiger partial charge in [0, 0.05) is 33.2 Å². The third-order valence-electron chi connectivity index (χ3n) is 4.10. The van der Waals surface area contributed by atoms with Crippen molar-refractivity contribution in [2.24, 2.45) is 0 Å². The van der Waals surface area contributed by atoms with Crippen LogP contribution in [-0.4, -0.2) is 62.7 Å². The maximum absolute atomic E-state index is 12.7. The highest BCUT2D eigenvalue weighted by Gasteiger charge is 2.27. The Balaban J connectivity index is 1.93. The fourth-order valence-corrected chi connectivity index (χ4v) is 2.83. The molecule has 2 rings (SSSR count). The molecule has 1 atom stereocenters. The standard InChI is InChI=1S/C18H27N3O3/c1-24-12-9-19-14-17(22)20-16(13-15-7-3-2-4-8-15)18(23)21-10-5-6-11-21/h2-4,7-8,16,19H,5-6,9-14H2,1H3,(H,20,22). The van der Waals surface area contributed by atoms with Crippen molar-refractivity contribution in [1.82, 2.24) is 15.5 Å². The van der Waals surface area contributed by atoms with Crippen LogP contribution in [0.4, 0.5) is 0 Å². The van der Waals surface area contributed by atoms with E-state index in [9.17, 15) is 9.59 Å². The van der Waals surface area contributed by atoms with Gasteiger partial charge in [0.2, 0.25) is 11.8 Å². The lowest BCUT2D eigenvalue weighted by Crippen LogP contribution is -2.51. The van der Waals surface area contributed by atoms with Crippen LogP contribution in [0.15, 0.2) is 30.3 Å². The SMILES string of the molecule is COCCNCC(=O)NC(Cc1ccccc1)C(=O)N1CCCC1. The summed E-state index contributed by atoms with van der Waals surface area (Å²) >= 11 is 0. The number of rotatable bonds is 9. The molecule has 0 bridgehead atoms. The van der Waals surface area contributed by atoms with Gasteiger partial charge in [0.1, 0.15) is 6.04 Å². The van der Waals surface area contributed by atoms with Gasteiger partial charge in [-0.05, 0) is 18.4 Å². The van der Waals surface area contributed by atoms with E-state index in [0.717, 1.165) is 31.5 Å². The molecule has 1 heterocycles. The quantitative estimate of drug-likeness (QED) is 0.648. The molecule has 1 aliphatic rings. The van der Waals surface area contributed by atoms with Gasteiger partial charge in [-0.2, -0.15) is 0 Å². The zero-order chi connectivity index (χ0) is 17.2. The minimum atomic E-state index is -0.512. The van der Waals surface area contributed by atoms with Crippen molar-refractivity contribution in [3.63, 3.8) is 0 Å². The van der Waals surface area contributed by atoms with Gasteiger partial charge in [-0.3, -0.25) is 9.59 Å². The van der Waals surface area contributed by atoms with Gasteiger partial charge in [0.25, 0.3) is 0 Å². The molecular weight excluding hydrogens is 306 g/mol. The number of likely N-dealkylation sites (tertiary alicyclic amines) is 1. The number of carbonyl (C=O) groups excluding carboxylic acids is 2. The molecule has 1 aromatic carbocycles. The number of carbonyl (C=O) groups is 2. The first-order valence-corrected chi connectivity index (χ1v) is 8.52. The van der Waals surface area contributed by atoms with E-state index in [1.165, 1.54) is 0 Å². The van der Waals surface area contributed by atoms with Gasteiger partial charge >= 0.3 is 0 Å². The van der Waals surface area contributed by atoms with E-state index in [1.807, 2.05) is 35.2 Å². The van der Waals surface area contributed by atoms with Crippen molar-refractivity contribution in [3.05, 3.63) is 35.9 Å². The van der Waals surface area contributed by atoms with E-state index >= 15 is 0 Å². The Morgan fingerprint density at radius 1 is 1.21 bits per heavy atom. The van der Waals surface area contributed by atoms with E-state index < -0.39 is 6.04 Å². The van der Waals surface area contributed by atoms with E-state index in [4.69, 9.17) is 4.74 Å². The fraction of sp³-hybridized carbons (Fsp3) is 0.556. The Morgan fingerprint density at radius 2 is 1.92 bits per heavy atom. The zero-order valence-electron chi connectivity index (χ0n) is 14.3. The van der Waals surface area contributed by atoms with Crippen LogP contribution in [0.5, 0.6) is 0 Å². The highest BCUT2D eigenvalue weighted by Crippen LogP contribution is 2.12. The Hall–Kier alpha value is -1.92. The van der Waals surface area contributed by atoms with Crippen molar-refractivity contribution >= 4 is 11.8 Å². The van der Waals surface area contributed by atoms with Gasteiger partial charge in [-0.25, -0.2) is 0 Å². The Labute approximate surface area is 143 Å². The molecule has 24 heavy (non-hydrogen) atoms. The molecule has 6 nitrogen and oxygen atoms in total. The van der Waals surface area contributed by atoms with E-state index in [1.54, 1.807) is 7.11 Å². The normalized spacial score (nSPS) is 15.3. The number of amides is 2. The average molecular weight is 333 g/mol. The maximum Gasteiger partial charge on any atom is 0.245 e. The van der Waals surface area contributed by atoms with Crippen LogP contribution in [0.3, 0.4) is 0 Å². The minimum absolute atomic E-state index is 0.0154. The molecule has 0 spiro atoms. The third-order valence-corrected chi connectivity index (χ3v) is 4.10. The molecule has 6 heteroatoms. The molecular formula is C18H27N3O3. The van der Waals surface area contributed by atoms with Crippen LogP contribution < -0.4 is 10.6 Å². The molecule has 1 saturated heterocycles. The Morgan fingerprint density at radius 3 is 2.58 bits per heavy atom. The second kappa shape index (κ2) is 10.1. The van der Waals surface area contributed by atoms with Crippen LogP contribution in [0, 0.1) is 0 Å². The summed E-state index contributed by atoms with van der Waals surface area (Å²) in [6, 6.07) is 9.28. The first-order valence-electron chi connectivity index (χ1n) is 8.52. The van der Waals surface area contributed by atoms with Crippen LogP contribution in [0.25, 0.3) is 0 Å². The van der Waals surface area contributed by atoms with E-state index in [2.05, 4.69) is 10.6 Å². The summed E-state index contributed by atoms with van der Waals surface area (Å²) in [5.74, 6) is -0.152. The van der Waals surface area contributed by atoms with Crippen LogP contribution in [-0.2, 0) is 20.7 Å². The molecule has 1 fully saturated rings. The molecule has 1 aromatic rings. The van der Waals surface area contributed by atoms with Gasteiger partial charge in [-0.15, -0.1) is 0 Å². The largest absolute Gasteiger partial charge is 0.383 e. The minimum Gasteiger partial charge on any atom is -0.383 e. The number of nitrogens with zero attached hydrogens (tertiary/aromatic N) is 1. The van der Waals surface area contributed by atoms with E-state index in [0.29, 0.717) is 19.6 Å². The maximum atomic E-state index is 12.7. The first kappa shape index (κ1) is 18.4. The van der Waals surface area contributed by atoms with Crippen LogP contribution in [0.2, 0.25) is 0 Å². The molecule has 0 aliphatic carbocycles. The molecule has 0 radical (unpaired) electrons. The number of ether oxygens (including phenoxy) is 1. The molecule has 1 aliphatic heterocycles. The molecule has 0 aromatic heterocycles. The highest BCUT2D eigenvalue weighted by atomic mass is 16.5. The smallest absolute Gasteiger partial charge is 0.245 e. The van der Waals surface area contributed by atoms with Crippen molar-refractivity contribution in [2.45, 2.75) is 25.3 Å². The average Bonchev–Trinajstić information content (AvgIpc) is 3.13. The van der Waals surface area contributed by atoms with E-state index in [-0.39, 0.29) is 18.4 Å². The van der Waals surface area contributed by atoms with Crippen LogP contribution in [0.1, 0.15) is 18.4 Å². The monoisotopic (exact) mass is 333 g/mol. The molecule has 132 valence electrons. The molecule has 0 saturated carbocycles. The van der Waals surface area contributed by atoms with Gasteiger partial charge in [0.15, 0.2) is 0 Å². The summed E-state index contributed by atoms with van der Waals surface area (Å²) in [5, 5.41) is 5.89. The number of benzene rings is 1. The summed E-state index contributed by atoms with van der Waals surface area (Å²) in [5.41, 5.74) is 1.04. The second-order valence-electron chi connectivity index (χ2n) is 6.01. The molecule has 2 N–H and O–H groups in total. The summed E-state index contributed by atoms with van der Waals surface area (Å²) < 4.78 is 4.93. The van der Waals surface area contributed by atoms with Crippen molar-refractivity contribution < 1.29 is 14.3 Å². The van der Waals surface area contributed by atoms with Crippen molar-refractivity contribution in [1.29, 1.82) is 0 Å². The fourth-order valence-electron chi connectivity index (χ4n) is 2.83. The number of methoxy groups -OCH3 is 1. The summed E-state index contributed by atoms with van der Waals surface area (Å²) in [6.07, 6.45) is 2.59. The summed E-state index contributed by atoms with van der Waals surface area (Å²) in [7, 11) is 1.62. The first-order chi connectivity index (χ1) is 11.7. The molecule has 2 amide bonds. The lowest BCUT2D eigenvalue weighted by molar-refractivity contribution is -0.135. The predicted molar refractivity (Wildman–Crippen MR) is 92.6 cm³/mol. The Bertz CT molecular complexity index is 516. The van der Waals surface area contributed by atoms with Gasteiger partial charge < -0.3 is 20.3 Å². The van der Waals surface area contributed by atoms with Crippen molar-refractivity contribution in [2.75, 3.05) is 39.9 Å². The zero-order valence-corrected chi connectivity index (χ0v) is 14.3. The predicted octanol–water partition coefficient (Wildman–Crippen LogP) is 0.572. The lowest BCUT2D eigenvalue weighted by Gasteiger charge is -2.24. The highest BCUT2D eigenvalue weighted by molar-refractivity contribution is 5.88. The topological polar surface area (TPSA) is 70.7 Å². The van der Waals surface area contributed by atoms with Gasteiger partial charge in [0.05, 0.1) is 13.2 Å².